The van der Waals surface area contributed by atoms with Crippen molar-refractivity contribution in [3.05, 3.63) is 0 Å². The second kappa shape index (κ2) is 7.53. The second-order valence-corrected chi connectivity index (χ2v) is 6.77. The first-order valence-electron chi connectivity index (χ1n) is 8.56. The van der Waals surface area contributed by atoms with Crippen LogP contribution in [0.4, 0.5) is 0 Å². The number of hydrogen-bond acceptors (Lipinski definition) is 1. The van der Waals surface area contributed by atoms with Crippen LogP contribution in [0, 0.1) is 17.8 Å². The minimum Gasteiger partial charge on any atom is -0.314 e. The average Bonchev–Trinajstić information content (AvgIpc) is 2.45. The van der Waals surface area contributed by atoms with E-state index < -0.39 is 0 Å². The van der Waals surface area contributed by atoms with Gasteiger partial charge in [-0.2, -0.15) is 0 Å². The molecule has 2 unspecified atom stereocenters. The highest BCUT2D eigenvalue weighted by Crippen LogP contribution is 2.40. The van der Waals surface area contributed by atoms with Crippen LogP contribution in [0.1, 0.15) is 78.1 Å². The molecule has 2 fully saturated rings. The van der Waals surface area contributed by atoms with Gasteiger partial charge >= 0.3 is 0 Å². The van der Waals surface area contributed by atoms with Crippen LogP contribution in [0.15, 0.2) is 0 Å². The van der Waals surface area contributed by atoms with E-state index in [-0.39, 0.29) is 0 Å². The Labute approximate surface area is 114 Å². The number of rotatable bonds is 5. The van der Waals surface area contributed by atoms with Crippen LogP contribution in [-0.2, 0) is 0 Å². The van der Waals surface area contributed by atoms with E-state index in [9.17, 15) is 0 Å². The Hall–Kier alpha value is -0.0400. The highest BCUT2D eigenvalue weighted by Gasteiger charge is 2.30. The highest BCUT2D eigenvalue weighted by molar-refractivity contribution is 4.84. The first kappa shape index (κ1) is 14.4. The van der Waals surface area contributed by atoms with E-state index in [0.717, 1.165) is 23.8 Å². The fraction of sp³-hybridized carbons (Fsp3) is 1.00. The van der Waals surface area contributed by atoms with Crippen molar-refractivity contribution in [3.8, 4) is 0 Å². The van der Waals surface area contributed by atoms with Crippen molar-refractivity contribution in [2.45, 2.75) is 84.1 Å². The van der Waals surface area contributed by atoms with Gasteiger partial charge in [-0.3, -0.25) is 0 Å². The molecule has 0 heterocycles. The molecule has 1 heteroatoms. The molecule has 2 saturated carbocycles. The third-order valence-electron chi connectivity index (χ3n) is 5.53. The van der Waals surface area contributed by atoms with Crippen molar-refractivity contribution < 1.29 is 0 Å². The van der Waals surface area contributed by atoms with Crippen LogP contribution < -0.4 is 5.32 Å². The first-order valence-corrected chi connectivity index (χ1v) is 8.56. The minimum absolute atomic E-state index is 0.840. The average molecular weight is 251 g/mol. The normalized spacial score (nSPS) is 37.7. The maximum atomic E-state index is 3.76. The zero-order valence-electron chi connectivity index (χ0n) is 12.6. The lowest BCUT2D eigenvalue weighted by atomic mass is 9.69. The molecule has 1 N–H and O–H groups in total. The molecule has 0 bridgehead atoms. The summed E-state index contributed by atoms with van der Waals surface area (Å²) in [6.07, 6.45) is 14.7. The molecule has 2 aliphatic rings. The van der Waals surface area contributed by atoms with Crippen molar-refractivity contribution in [2.24, 2.45) is 17.8 Å². The summed E-state index contributed by atoms with van der Waals surface area (Å²) in [7, 11) is 0. The smallest absolute Gasteiger partial charge is 0.00698 e. The van der Waals surface area contributed by atoms with Crippen LogP contribution in [-0.4, -0.2) is 12.6 Å². The van der Waals surface area contributed by atoms with Crippen LogP contribution in [0.2, 0.25) is 0 Å². The molecule has 0 aromatic carbocycles. The molecule has 2 rings (SSSR count). The van der Waals surface area contributed by atoms with Gasteiger partial charge in [0.15, 0.2) is 0 Å². The van der Waals surface area contributed by atoms with E-state index in [2.05, 4.69) is 19.2 Å². The van der Waals surface area contributed by atoms with Crippen LogP contribution in [0.5, 0.6) is 0 Å². The van der Waals surface area contributed by atoms with E-state index >= 15 is 0 Å². The van der Waals surface area contributed by atoms with Gasteiger partial charge in [-0.1, -0.05) is 46.0 Å². The van der Waals surface area contributed by atoms with Crippen molar-refractivity contribution in [1.29, 1.82) is 0 Å². The maximum absolute atomic E-state index is 3.76. The number of nitrogens with one attached hydrogen (secondary N) is 1. The third kappa shape index (κ3) is 3.98. The van der Waals surface area contributed by atoms with Crippen molar-refractivity contribution in [3.63, 3.8) is 0 Å². The van der Waals surface area contributed by atoms with Crippen molar-refractivity contribution in [1.82, 2.24) is 5.32 Å². The Morgan fingerprint density at radius 3 is 2.33 bits per heavy atom. The Bertz CT molecular complexity index is 218. The van der Waals surface area contributed by atoms with Gasteiger partial charge in [0.1, 0.15) is 0 Å². The van der Waals surface area contributed by atoms with E-state index in [0.29, 0.717) is 0 Å². The molecule has 1 nitrogen and oxygen atoms in total. The van der Waals surface area contributed by atoms with Crippen molar-refractivity contribution in [2.75, 3.05) is 6.54 Å². The van der Waals surface area contributed by atoms with Gasteiger partial charge in [-0.15, -0.1) is 0 Å². The summed E-state index contributed by atoms with van der Waals surface area (Å²) in [5.74, 6) is 3.17. The van der Waals surface area contributed by atoms with E-state index in [4.69, 9.17) is 0 Å². The van der Waals surface area contributed by atoms with Gasteiger partial charge in [0.25, 0.3) is 0 Å². The topological polar surface area (TPSA) is 12.0 Å². The molecule has 2 aliphatic carbocycles. The predicted molar refractivity (Wildman–Crippen MR) is 79.8 cm³/mol. The van der Waals surface area contributed by atoms with Gasteiger partial charge in [0.2, 0.25) is 0 Å². The van der Waals surface area contributed by atoms with E-state index in [1.807, 2.05) is 0 Å². The molecule has 0 aromatic heterocycles. The molecule has 0 aromatic rings. The zero-order chi connectivity index (χ0) is 12.8. The lowest BCUT2D eigenvalue weighted by molar-refractivity contribution is 0.148. The summed E-state index contributed by atoms with van der Waals surface area (Å²) >= 11 is 0. The Kier molecular flexibility index (Phi) is 6.01. The monoisotopic (exact) mass is 251 g/mol. The van der Waals surface area contributed by atoms with Gasteiger partial charge in [0.05, 0.1) is 0 Å². The Morgan fingerprint density at radius 2 is 1.67 bits per heavy atom. The summed E-state index contributed by atoms with van der Waals surface area (Å²) in [6, 6.07) is 0.840. The summed E-state index contributed by atoms with van der Waals surface area (Å²) in [5, 5.41) is 3.76. The third-order valence-corrected chi connectivity index (χ3v) is 5.53. The summed E-state index contributed by atoms with van der Waals surface area (Å²) in [5.41, 5.74) is 0. The molecule has 2 atom stereocenters. The fourth-order valence-corrected chi connectivity index (χ4v) is 4.26. The van der Waals surface area contributed by atoms with Gasteiger partial charge in [0, 0.05) is 6.04 Å². The molecule has 0 radical (unpaired) electrons. The summed E-state index contributed by atoms with van der Waals surface area (Å²) < 4.78 is 0. The number of hydrogen-bond donors (Lipinski definition) is 1. The fourth-order valence-electron chi connectivity index (χ4n) is 4.26. The van der Waals surface area contributed by atoms with Crippen LogP contribution >= 0.6 is 0 Å². The largest absolute Gasteiger partial charge is 0.314 e. The van der Waals surface area contributed by atoms with Crippen LogP contribution in [0.3, 0.4) is 0 Å². The quantitative estimate of drug-likeness (QED) is 0.743. The standard InChI is InChI=1S/C17H33N/c1-3-12-18-17-7-5-6-16(13-17)15-10-8-14(4-2)9-11-15/h14-18H,3-13H2,1-2H3. The summed E-state index contributed by atoms with van der Waals surface area (Å²) in [6.45, 7) is 5.87. The lowest BCUT2D eigenvalue weighted by Gasteiger charge is -2.38. The summed E-state index contributed by atoms with van der Waals surface area (Å²) in [4.78, 5) is 0. The SMILES string of the molecule is CCCNC1CCCC(C2CCC(CC)CC2)C1. The first-order chi connectivity index (χ1) is 8.83. The molecule has 0 spiro atoms. The molecule has 0 amide bonds. The lowest BCUT2D eigenvalue weighted by Crippen LogP contribution is -2.37. The van der Waals surface area contributed by atoms with Gasteiger partial charge in [-0.05, 0) is 56.4 Å². The van der Waals surface area contributed by atoms with E-state index in [1.54, 1.807) is 0 Å². The minimum atomic E-state index is 0.840. The second-order valence-electron chi connectivity index (χ2n) is 6.77. The highest BCUT2D eigenvalue weighted by atomic mass is 14.9. The Balaban J connectivity index is 1.75. The van der Waals surface area contributed by atoms with Crippen LogP contribution in [0.25, 0.3) is 0 Å². The van der Waals surface area contributed by atoms with E-state index in [1.165, 1.54) is 70.8 Å². The Morgan fingerprint density at radius 1 is 0.889 bits per heavy atom. The predicted octanol–water partition coefficient (Wildman–Crippen LogP) is 4.76. The maximum Gasteiger partial charge on any atom is 0.00698 e. The molecule has 0 saturated heterocycles. The molecule has 18 heavy (non-hydrogen) atoms. The molecular weight excluding hydrogens is 218 g/mol. The molecule has 106 valence electrons. The zero-order valence-corrected chi connectivity index (χ0v) is 12.6. The molecular formula is C17H33N. The van der Waals surface area contributed by atoms with Crippen molar-refractivity contribution >= 4 is 0 Å². The van der Waals surface area contributed by atoms with Gasteiger partial charge in [-0.25, -0.2) is 0 Å². The van der Waals surface area contributed by atoms with Gasteiger partial charge < -0.3 is 5.32 Å². The molecule has 0 aliphatic heterocycles.